The molecule has 0 aliphatic carbocycles. The van der Waals surface area contributed by atoms with Crippen molar-refractivity contribution >= 4 is 15.9 Å². The molecule has 0 aliphatic rings. The number of carbonyl (C=O) groups excluding carboxylic acids is 1. The summed E-state index contributed by atoms with van der Waals surface area (Å²) in [7, 11) is -3.59. The molecule has 0 saturated heterocycles. The van der Waals surface area contributed by atoms with Gasteiger partial charge in [0.25, 0.3) is 0 Å². The van der Waals surface area contributed by atoms with Crippen molar-refractivity contribution in [2.45, 2.75) is 17.9 Å². The first-order valence-electron chi connectivity index (χ1n) is 6.04. The van der Waals surface area contributed by atoms with Crippen LogP contribution in [-0.2, 0) is 19.6 Å². The summed E-state index contributed by atoms with van der Waals surface area (Å²) in [5, 5.41) is 0. The topological polar surface area (TPSA) is 125 Å². The number of rotatable bonds is 8. The highest BCUT2D eigenvalue weighted by molar-refractivity contribution is 7.89. The number of amides is 1. The van der Waals surface area contributed by atoms with E-state index in [1.54, 1.807) is 12.1 Å². The van der Waals surface area contributed by atoms with Crippen LogP contribution >= 0.6 is 0 Å². The maximum absolute atomic E-state index is 11.9. The molecule has 0 radical (unpaired) electrons. The van der Waals surface area contributed by atoms with Crippen molar-refractivity contribution in [2.24, 2.45) is 11.5 Å². The van der Waals surface area contributed by atoms with Gasteiger partial charge in [-0.2, -0.15) is 0 Å². The number of hydrogen-bond donors (Lipinski definition) is 3. The Balaban J connectivity index is 2.53. The van der Waals surface area contributed by atoms with Gasteiger partial charge in [-0.1, -0.05) is 12.1 Å². The van der Waals surface area contributed by atoms with Crippen molar-refractivity contribution < 1.29 is 17.9 Å². The number of nitrogens with one attached hydrogen (secondary N) is 1. The maximum atomic E-state index is 11.9. The van der Waals surface area contributed by atoms with Gasteiger partial charge in [-0.3, -0.25) is 4.79 Å². The van der Waals surface area contributed by atoms with Gasteiger partial charge in [-0.15, -0.1) is 0 Å². The summed E-state index contributed by atoms with van der Waals surface area (Å²) < 4.78 is 31.1. The van der Waals surface area contributed by atoms with Crippen LogP contribution < -0.4 is 16.2 Å². The van der Waals surface area contributed by atoms with Crippen molar-refractivity contribution in [3.8, 4) is 0 Å². The molecule has 8 heteroatoms. The van der Waals surface area contributed by atoms with Crippen molar-refractivity contribution in [2.75, 3.05) is 19.8 Å². The number of nitrogens with two attached hydrogens (primary N) is 2. The number of primary amides is 1. The Labute approximate surface area is 118 Å². The van der Waals surface area contributed by atoms with Crippen LogP contribution in [0.2, 0.25) is 0 Å². The molecular weight excluding hydrogens is 282 g/mol. The standard InChI is InChI=1S/C12H19N3O4S/c1-9(13)10-2-4-11(5-3-10)20(17,18)15-6-7-19-8-12(14)16/h2-5,9,15H,6-8,13H2,1H3,(H2,14,16). The molecule has 0 bridgehead atoms. The van der Waals surface area contributed by atoms with Crippen LogP contribution in [0.15, 0.2) is 29.2 Å². The third-order valence-corrected chi connectivity index (χ3v) is 3.98. The Bertz CT molecular complexity index is 540. The lowest BCUT2D eigenvalue weighted by Gasteiger charge is -2.09. The second kappa shape index (κ2) is 7.34. The molecule has 1 rings (SSSR count). The molecule has 1 aromatic rings. The van der Waals surface area contributed by atoms with E-state index in [0.29, 0.717) is 0 Å². The van der Waals surface area contributed by atoms with Crippen LogP contribution in [0.4, 0.5) is 0 Å². The summed E-state index contributed by atoms with van der Waals surface area (Å²) in [6.07, 6.45) is 0. The first kappa shape index (κ1) is 16.6. The van der Waals surface area contributed by atoms with Crippen molar-refractivity contribution in [1.82, 2.24) is 4.72 Å². The highest BCUT2D eigenvalue weighted by Gasteiger charge is 2.13. The summed E-state index contributed by atoms with van der Waals surface area (Å²) in [4.78, 5) is 10.6. The first-order valence-corrected chi connectivity index (χ1v) is 7.52. The fourth-order valence-electron chi connectivity index (χ4n) is 1.45. The lowest BCUT2D eigenvalue weighted by molar-refractivity contribution is -0.122. The molecule has 0 aromatic heterocycles. The number of carbonyl (C=O) groups is 1. The zero-order valence-corrected chi connectivity index (χ0v) is 12.0. The smallest absolute Gasteiger partial charge is 0.243 e. The van der Waals surface area contributed by atoms with Crippen LogP contribution in [0.3, 0.4) is 0 Å². The fraction of sp³-hybridized carbons (Fsp3) is 0.417. The molecular formula is C12H19N3O4S. The van der Waals surface area contributed by atoms with E-state index in [-0.39, 0.29) is 30.7 Å². The highest BCUT2D eigenvalue weighted by Crippen LogP contribution is 2.14. The molecule has 1 atom stereocenters. The third kappa shape index (κ3) is 5.25. The third-order valence-electron chi connectivity index (χ3n) is 2.50. The lowest BCUT2D eigenvalue weighted by Crippen LogP contribution is -2.29. The number of sulfonamides is 1. The zero-order chi connectivity index (χ0) is 15.2. The molecule has 1 aromatic carbocycles. The largest absolute Gasteiger partial charge is 0.370 e. The fourth-order valence-corrected chi connectivity index (χ4v) is 2.47. The average Bonchev–Trinajstić information content (AvgIpc) is 2.38. The van der Waals surface area contributed by atoms with E-state index in [4.69, 9.17) is 16.2 Å². The summed E-state index contributed by atoms with van der Waals surface area (Å²) in [6, 6.07) is 6.17. The van der Waals surface area contributed by atoms with Crippen molar-refractivity contribution in [3.63, 3.8) is 0 Å². The normalized spacial score (nSPS) is 13.1. The number of benzene rings is 1. The molecule has 7 nitrogen and oxygen atoms in total. The van der Waals surface area contributed by atoms with Crippen LogP contribution in [0.25, 0.3) is 0 Å². The van der Waals surface area contributed by atoms with E-state index < -0.39 is 15.9 Å². The van der Waals surface area contributed by atoms with Gasteiger partial charge < -0.3 is 16.2 Å². The predicted octanol–water partition coefficient (Wildman–Crippen LogP) is -0.513. The van der Waals surface area contributed by atoms with Gasteiger partial charge in [0, 0.05) is 12.6 Å². The van der Waals surface area contributed by atoms with Crippen LogP contribution in [0, 0.1) is 0 Å². The summed E-state index contributed by atoms with van der Waals surface area (Å²) >= 11 is 0. The minimum Gasteiger partial charge on any atom is -0.370 e. The van der Waals surface area contributed by atoms with Crippen molar-refractivity contribution in [1.29, 1.82) is 0 Å². The van der Waals surface area contributed by atoms with Gasteiger partial charge in [-0.05, 0) is 24.6 Å². The Kier molecular flexibility index (Phi) is 6.08. The molecule has 112 valence electrons. The van der Waals surface area contributed by atoms with Crippen LogP contribution in [-0.4, -0.2) is 34.1 Å². The molecule has 5 N–H and O–H groups in total. The first-order chi connectivity index (χ1) is 9.33. The molecule has 1 amide bonds. The van der Waals surface area contributed by atoms with Gasteiger partial charge in [-0.25, -0.2) is 13.1 Å². The van der Waals surface area contributed by atoms with Gasteiger partial charge >= 0.3 is 0 Å². The Hall–Kier alpha value is -1.48. The quantitative estimate of drug-likeness (QED) is 0.558. The van der Waals surface area contributed by atoms with E-state index in [1.807, 2.05) is 6.92 Å². The highest BCUT2D eigenvalue weighted by atomic mass is 32.2. The van der Waals surface area contributed by atoms with Crippen molar-refractivity contribution in [3.05, 3.63) is 29.8 Å². The van der Waals surface area contributed by atoms with E-state index in [2.05, 4.69) is 4.72 Å². The second-order valence-electron chi connectivity index (χ2n) is 4.27. The van der Waals surface area contributed by atoms with E-state index in [9.17, 15) is 13.2 Å². The second-order valence-corrected chi connectivity index (χ2v) is 6.04. The Morgan fingerprint density at radius 1 is 1.35 bits per heavy atom. The molecule has 20 heavy (non-hydrogen) atoms. The lowest BCUT2D eigenvalue weighted by atomic mass is 10.1. The molecule has 0 heterocycles. The van der Waals surface area contributed by atoms with Gasteiger partial charge in [0.2, 0.25) is 15.9 Å². The monoisotopic (exact) mass is 301 g/mol. The summed E-state index contributed by atoms with van der Waals surface area (Å²) in [5.74, 6) is -0.598. The molecule has 0 aliphatic heterocycles. The van der Waals surface area contributed by atoms with Crippen LogP contribution in [0.5, 0.6) is 0 Å². The predicted molar refractivity (Wildman–Crippen MR) is 74.2 cm³/mol. The SMILES string of the molecule is CC(N)c1ccc(S(=O)(=O)NCCOCC(N)=O)cc1. The zero-order valence-electron chi connectivity index (χ0n) is 11.2. The minimum absolute atomic E-state index is 0.0602. The molecule has 0 spiro atoms. The minimum atomic E-state index is -3.59. The number of ether oxygens (including phenoxy) is 1. The molecule has 0 saturated carbocycles. The Morgan fingerprint density at radius 2 is 1.95 bits per heavy atom. The van der Waals surface area contributed by atoms with Gasteiger partial charge in [0.05, 0.1) is 11.5 Å². The van der Waals surface area contributed by atoms with E-state index >= 15 is 0 Å². The summed E-state index contributed by atoms with van der Waals surface area (Å²) in [6.45, 7) is 1.72. The van der Waals surface area contributed by atoms with Crippen LogP contribution in [0.1, 0.15) is 18.5 Å². The molecule has 0 fully saturated rings. The average molecular weight is 301 g/mol. The van der Waals surface area contributed by atoms with Gasteiger partial charge in [0.1, 0.15) is 6.61 Å². The molecule has 1 unspecified atom stereocenters. The summed E-state index contributed by atoms with van der Waals surface area (Å²) in [5.41, 5.74) is 11.4. The van der Waals surface area contributed by atoms with E-state index in [1.165, 1.54) is 12.1 Å². The van der Waals surface area contributed by atoms with Gasteiger partial charge in [0.15, 0.2) is 0 Å². The maximum Gasteiger partial charge on any atom is 0.243 e. The Morgan fingerprint density at radius 3 is 2.45 bits per heavy atom. The number of hydrogen-bond acceptors (Lipinski definition) is 5. The van der Waals surface area contributed by atoms with E-state index in [0.717, 1.165) is 5.56 Å².